The Morgan fingerprint density at radius 2 is 2.11 bits per heavy atom. The van der Waals surface area contributed by atoms with E-state index in [0.717, 1.165) is 22.9 Å². The van der Waals surface area contributed by atoms with E-state index >= 15 is 0 Å². The zero-order chi connectivity index (χ0) is 14.4. The first kappa shape index (κ1) is 16.7. The van der Waals surface area contributed by atoms with Crippen LogP contribution < -0.4 is 10.2 Å². The van der Waals surface area contributed by atoms with Crippen LogP contribution in [0.5, 0.6) is 0 Å². The third kappa shape index (κ3) is 4.30. The molecule has 1 rings (SSSR count). The van der Waals surface area contributed by atoms with E-state index in [1.54, 1.807) is 0 Å². The number of rotatable bonds is 7. The predicted molar refractivity (Wildman–Crippen MR) is 89.8 cm³/mol. The number of benzene rings is 1. The van der Waals surface area contributed by atoms with Gasteiger partial charge in [-0.3, -0.25) is 0 Å². The topological polar surface area (TPSA) is 15.3 Å². The molecule has 4 heteroatoms. The second kappa shape index (κ2) is 8.03. The number of hydrogen-bond acceptors (Lipinski definition) is 3. The van der Waals surface area contributed by atoms with Gasteiger partial charge >= 0.3 is 0 Å². The Bertz CT molecular complexity index is 398. The van der Waals surface area contributed by atoms with Gasteiger partial charge in [0.2, 0.25) is 0 Å². The summed E-state index contributed by atoms with van der Waals surface area (Å²) < 4.78 is 0. The molecule has 2 unspecified atom stereocenters. The van der Waals surface area contributed by atoms with Crippen molar-refractivity contribution in [3.05, 3.63) is 28.8 Å². The van der Waals surface area contributed by atoms with Crippen molar-refractivity contribution in [1.29, 1.82) is 0 Å². The molecule has 1 N–H and O–H groups in total. The van der Waals surface area contributed by atoms with Gasteiger partial charge in [0.15, 0.2) is 0 Å². The van der Waals surface area contributed by atoms with Gasteiger partial charge < -0.3 is 10.2 Å². The normalized spacial score (nSPS) is 14.2. The van der Waals surface area contributed by atoms with Gasteiger partial charge in [-0.05, 0) is 44.3 Å². The Kier molecular flexibility index (Phi) is 7.05. The summed E-state index contributed by atoms with van der Waals surface area (Å²) in [5.74, 6) is 1.12. The molecule has 0 bridgehead atoms. The lowest BCUT2D eigenvalue weighted by Crippen LogP contribution is -2.33. The van der Waals surface area contributed by atoms with Crippen molar-refractivity contribution in [1.82, 2.24) is 5.32 Å². The molecule has 108 valence electrons. The number of halogens is 1. The molecule has 1 aromatic carbocycles. The molecule has 0 amide bonds. The van der Waals surface area contributed by atoms with E-state index in [0.29, 0.717) is 12.1 Å². The fraction of sp³-hybridized carbons (Fsp3) is 0.600. The van der Waals surface area contributed by atoms with Crippen molar-refractivity contribution in [2.24, 2.45) is 0 Å². The Hall–Kier alpha value is -0.380. The molecule has 0 radical (unpaired) electrons. The van der Waals surface area contributed by atoms with E-state index in [1.807, 2.05) is 18.8 Å². The molecule has 0 saturated heterocycles. The average molecular weight is 301 g/mol. The SMILES string of the molecule is CCC(CSC)N(C)c1ccc(C(C)NC)cc1Cl. The van der Waals surface area contributed by atoms with Crippen molar-refractivity contribution < 1.29 is 0 Å². The maximum atomic E-state index is 6.45. The highest BCUT2D eigenvalue weighted by Crippen LogP contribution is 2.30. The Morgan fingerprint density at radius 3 is 2.58 bits per heavy atom. The molecule has 0 spiro atoms. The molecule has 0 fully saturated rings. The lowest BCUT2D eigenvalue weighted by Gasteiger charge is -2.30. The first-order valence-electron chi connectivity index (χ1n) is 6.73. The highest BCUT2D eigenvalue weighted by atomic mass is 35.5. The third-order valence-electron chi connectivity index (χ3n) is 3.66. The fourth-order valence-corrected chi connectivity index (χ4v) is 3.30. The first-order valence-corrected chi connectivity index (χ1v) is 8.50. The molecule has 2 nitrogen and oxygen atoms in total. The summed E-state index contributed by atoms with van der Waals surface area (Å²) >= 11 is 8.33. The minimum absolute atomic E-state index is 0.324. The van der Waals surface area contributed by atoms with Crippen LogP contribution in [-0.2, 0) is 0 Å². The van der Waals surface area contributed by atoms with Gasteiger partial charge in [-0.2, -0.15) is 11.8 Å². The third-order valence-corrected chi connectivity index (χ3v) is 4.68. The van der Waals surface area contributed by atoms with Crippen LogP contribution in [0.2, 0.25) is 5.02 Å². The zero-order valence-electron chi connectivity index (χ0n) is 12.5. The molecule has 0 aliphatic carbocycles. The van der Waals surface area contributed by atoms with Crippen molar-refractivity contribution in [2.75, 3.05) is 31.0 Å². The summed E-state index contributed by atoms with van der Waals surface area (Å²) in [5, 5.41) is 4.07. The number of anilines is 1. The number of nitrogens with zero attached hydrogens (tertiary/aromatic N) is 1. The standard InChI is InChI=1S/C15H25ClN2S/c1-6-13(10-19-5)18(4)15-8-7-12(9-14(15)16)11(2)17-3/h7-9,11,13,17H,6,10H2,1-5H3. The molecule has 2 atom stereocenters. The minimum atomic E-state index is 0.324. The van der Waals surface area contributed by atoms with Crippen LogP contribution in [0.25, 0.3) is 0 Å². The van der Waals surface area contributed by atoms with E-state index in [9.17, 15) is 0 Å². The quantitative estimate of drug-likeness (QED) is 0.812. The van der Waals surface area contributed by atoms with Crippen molar-refractivity contribution >= 4 is 29.1 Å². The smallest absolute Gasteiger partial charge is 0.0642 e. The molecule has 1 aromatic rings. The van der Waals surface area contributed by atoms with Crippen molar-refractivity contribution in [3.8, 4) is 0 Å². The van der Waals surface area contributed by atoms with E-state index in [1.165, 1.54) is 5.56 Å². The monoisotopic (exact) mass is 300 g/mol. The molecular formula is C15H25ClN2S. The van der Waals surface area contributed by atoms with Crippen LogP contribution in [0.15, 0.2) is 18.2 Å². The predicted octanol–water partition coefficient (Wildman–Crippen LogP) is 4.20. The summed E-state index contributed by atoms with van der Waals surface area (Å²) in [6.45, 7) is 4.36. The van der Waals surface area contributed by atoms with E-state index in [2.05, 4.69) is 55.6 Å². The van der Waals surface area contributed by atoms with E-state index in [-0.39, 0.29) is 0 Å². The van der Waals surface area contributed by atoms with Crippen LogP contribution in [0.3, 0.4) is 0 Å². The summed E-state index contributed by atoms with van der Waals surface area (Å²) in [4.78, 5) is 2.30. The largest absolute Gasteiger partial charge is 0.370 e. The lowest BCUT2D eigenvalue weighted by molar-refractivity contribution is 0.650. The van der Waals surface area contributed by atoms with Crippen LogP contribution in [0.1, 0.15) is 31.9 Å². The zero-order valence-corrected chi connectivity index (χ0v) is 14.1. The maximum Gasteiger partial charge on any atom is 0.0642 e. The first-order chi connectivity index (χ1) is 9.04. The number of hydrogen-bond donors (Lipinski definition) is 1. The van der Waals surface area contributed by atoms with Crippen LogP contribution in [0, 0.1) is 0 Å². The van der Waals surface area contributed by atoms with Crippen LogP contribution >= 0.6 is 23.4 Å². The summed E-state index contributed by atoms with van der Waals surface area (Å²) in [7, 11) is 4.09. The Balaban J connectivity index is 2.95. The average Bonchev–Trinajstić information content (AvgIpc) is 2.43. The van der Waals surface area contributed by atoms with Gasteiger partial charge in [-0.15, -0.1) is 0 Å². The highest BCUT2D eigenvalue weighted by Gasteiger charge is 2.16. The maximum absolute atomic E-state index is 6.45. The Morgan fingerprint density at radius 1 is 1.42 bits per heavy atom. The molecule has 0 heterocycles. The summed E-state index contributed by atoms with van der Waals surface area (Å²) in [6.07, 6.45) is 3.28. The Labute approximate surface area is 126 Å². The lowest BCUT2D eigenvalue weighted by atomic mass is 10.1. The molecule has 19 heavy (non-hydrogen) atoms. The van der Waals surface area contributed by atoms with E-state index in [4.69, 9.17) is 11.6 Å². The van der Waals surface area contributed by atoms with Gasteiger partial charge in [0.05, 0.1) is 10.7 Å². The molecule has 0 aromatic heterocycles. The van der Waals surface area contributed by atoms with Crippen molar-refractivity contribution in [2.45, 2.75) is 32.4 Å². The highest BCUT2D eigenvalue weighted by molar-refractivity contribution is 7.98. The van der Waals surface area contributed by atoms with Gasteiger partial charge in [0.25, 0.3) is 0 Å². The second-order valence-corrected chi connectivity index (χ2v) is 6.17. The van der Waals surface area contributed by atoms with Crippen LogP contribution in [0.4, 0.5) is 5.69 Å². The van der Waals surface area contributed by atoms with Gasteiger partial charge in [-0.1, -0.05) is 24.6 Å². The minimum Gasteiger partial charge on any atom is -0.370 e. The molecular weight excluding hydrogens is 276 g/mol. The van der Waals surface area contributed by atoms with Crippen LogP contribution in [-0.4, -0.2) is 32.1 Å². The second-order valence-electron chi connectivity index (χ2n) is 4.85. The molecule has 0 aliphatic heterocycles. The molecule has 0 aliphatic rings. The van der Waals surface area contributed by atoms with Gasteiger partial charge in [0, 0.05) is 24.9 Å². The summed E-state index contributed by atoms with van der Waals surface area (Å²) in [6, 6.07) is 7.21. The van der Waals surface area contributed by atoms with E-state index < -0.39 is 0 Å². The number of thioether (sulfide) groups is 1. The van der Waals surface area contributed by atoms with Gasteiger partial charge in [0.1, 0.15) is 0 Å². The fourth-order valence-electron chi connectivity index (χ4n) is 2.14. The number of nitrogens with one attached hydrogen (secondary N) is 1. The molecule has 0 saturated carbocycles. The summed E-state index contributed by atoms with van der Waals surface area (Å²) in [5.41, 5.74) is 2.34. The van der Waals surface area contributed by atoms with Crippen molar-refractivity contribution in [3.63, 3.8) is 0 Å². The van der Waals surface area contributed by atoms with Gasteiger partial charge in [-0.25, -0.2) is 0 Å².